The fourth-order valence-electron chi connectivity index (χ4n) is 3.68. The van der Waals surface area contributed by atoms with Crippen molar-refractivity contribution in [2.75, 3.05) is 26.2 Å². The Morgan fingerprint density at radius 2 is 1.77 bits per heavy atom. The molecule has 1 saturated heterocycles. The predicted octanol–water partition coefficient (Wildman–Crippen LogP) is 3.47. The molecule has 3 heterocycles. The van der Waals surface area contributed by atoms with Crippen molar-refractivity contribution in [2.24, 2.45) is 0 Å². The molecular formula is C21H24Cl2N6O. The van der Waals surface area contributed by atoms with E-state index in [0.29, 0.717) is 35.5 Å². The SMILES string of the molecule is Cc1cc(C)n(Cn2ccc(C(=O)N3CCN(Cc4ccc(Cl)c(Cl)c4)CC3)n2)n1. The molecule has 0 saturated carbocycles. The monoisotopic (exact) mass is 446 g/mol. The molecule has 0 aliphatic carbocycles. The van der Waals surface area contributed by atoms with Crippen LogP contribution in [0.3, 0.4) is 0 Å². The van der Waals surface area contributed by atoms with E-state index < -0.39 is 0 Å². The molecule has 0 N–H and O–H groups in total. The average molecular weight is 447 g/mol. The van der Waals surface area contributed by atoms with Gasteiger partial charge in [0.05, 0.1) is 15.7 Å². The van der Waals surface area contributed by atoms with Crippen molar-refractivity contribution < 1.29 is 4.79 Å². The number of nitrogens with zero attached hydrogens (tertiary/aromatic N) is 6. The number of hydrogen-bond donors (Lipinski definition) is 0. The summed E-state index contributed by atoms with van der Waals surface area (Å²) in [6.45, 7) is 8.20. The molecule has 30 heavy (non-hydrogen) atoms. The summed E-state index contributed by atoms with van der Waals surface area (Å²) in [6.07, 6.45) is 1.82. The van der Waals surface area contributed by atoms with Crippen molar-refractivity contribution in [2.45, 2.75) is 27.1 Å². The van der Waals surface area contributed by atoms with E-state index in [1.165, 1.54) is 0 Å². The summed E-state index contributed by atoms with van der Waals surface area (Å²) < 4.78 is 3.62. The van der Waals surface area contributed by atoms with Crippen molar-refractivity contribution in [3.8, 4) is 0 Å². The van der Waals surface area contributed by atoms with E-state index in [9.17, 15) is 4.79 Å². The Morgan fingerprint density at radius 1 is 1.00 bits per heavy atom. The highest BCUT2D eigenvalue weighted by molar-refractivity contribution is 6.42. The third-order valence-electron chi connectivity index (χ3n) is 5.29. The summed E-state index contributed by atoms with van der Waals surface area (Å²) in [4.78, 5) is 17.0. The van der Waals surface area contributed by atoms with E-state index in [-0.39, 0.29) is 5.91 Å². The summed E-state index contributed by atoms with van der Waals surface area (Å²) in [6, 6.07) is 9.50. The third kappa shape index (κ3) is 4.69. The van der Waals surface area contributed by atoms with Gasteiger partial charge in [-0.15, -0.1) is 0 Å². The third-order valence-corrected chi connectivity index (χ3v) is 6.03. The number of carbonyl (C=O) groups is 1. The van der Waals surface area contributed by atoms with Crippen molar-refractivity contribution in [3.05, 3.63) is 69.2 Å². The van der Waals surface area contributed by atoms with E-state index in [0.717, 1.165) is 36.6 Å². The lowest BCUT2D eigenvalue weighted by Crippen LogP contribution is -2.48. The van der Waals surface area contributed by atoms with Gasteiger partial charge in [-0.1, -0.05) is 29.3 Å². The van der Waals surface area contributed by atoms with Crippen molar-refractivity contribution >= 4 is 29.1 Å². The molecule has 9 heteroatoms. The van der Waals surface area contributed by atoms with E-state index in [4.69, 9.17) is 23.2 Å². The van der Waals surface area contributed by atoms with Crippen LogP contribution in [0.25, 0.3) is 0 Å². The van der Waals surface area contributed by atoms with Crippen LogP contribution in [0.1, 0.15) is 27.4 Å². The Balaban J connectivity index is 1.32. The summed E-state index contributed by atoms with van der Waals surface area (Å²) in [5.74, 6) is -0.0312. The van der Waals surface area contributed by atoms with Crippen molar-refractivity contribution in [1.29, 1.82) is 0 Å². The van der Waals surface area contributed by atoms with E-state index in [1.807, 2.05) is 53.9 Å². The second-order valence-electron chi connectivity index (χ2n) is 7.63. The Kier molecular flexibility index (Phi) is 6.13. The van der Waals surface area contributed by atoms with Crippen LogP contribution in [0.5, 0.6) is 0 Å². The Labute approximate surface area is 185 Å². The molecule has 0 unspecified atom stereocenters. The zero-order valence-corrected chi connectivity index (χ0v) is 18.6. The largest absolute Gasteiger partial charge is 0.335 e. The summed E-state index contributed by atoms with van der Waals surface area (Å²) >= 11 is 12.1. The molecule has 1 aliphatic rings. The number of aromatic nitrogens is 4. The number of rotatable bonds is 5. The number of piperazine rings is 1. The first-order valence-electron chi connectivity index (χ1n) is 9.89. The summed E-state index contributed by atoms with van der Waals surface area (Å²) in [5, 5.41) is 10.0. The maximum Gasteiger partial charge on any atom is 0.274 e. The van der Waals surface area contributed by atoms with E-state index >= 15 is 0 Å². The lowest BCUT2D eigenvalue weighted by atomic mass is 10.2. The normalized spacial score (nSPS) is 15.0. The molecule has 4 rings (SSSR count). The van der Waals surface area contributed by atoms with Gasteiger partial charge in [0.2, 0.25) is 0 Å². The lowest BCUT2D eigenvalue weighted by Gasteiger charge is -2.34. The van der Waals surface area contributed by atoms with Gasteiger partial charge in [0.1, 0.15) is 12.4 Å². The van der Waals surface area contributed by atoms with Crippen molar-refractivity contribution in [1.82, 2.24) is 29.4 Å². The molecule has 158 valence electrons. The number of amides is 1. The molecule has 3 aromatic rings. The van der Waals surface area contributed by atoms with Gasteiger partial charge in [-0.25, -0.2) is 4.68 Å². The highest BCUT2D eigenvalue weighted by Gasteiger charge is 2.24. The predicted molar refractivity (Wildman–Crippen MR) is 117 cm³/mol. The van der Waals surface area contributed by atoms with Crippen LogP contribution in [0.4, 0.5) is 0 Å². The maximum atomic E-state index is 12.9. The van der Waals surface area contributed by atoms with Gasteiger partial charge in [0.25, 0.3) is 5.91 Å². The van der Waals surface area contributed by atoms with Gasteiger partial charge in [-0.2, -0.15) is 10.2 Å². The van der Waals surface area contributed by atoms with Crippen LogP contribution in [0, 0.1) is 13.8 Å². The first kappa shape index (κ1) is 20.9. The quantitative estimate of drug-likeness (QED) is 0.601. The van der Waals surface area contributed by atoms with Crippen LogP contribution < -0.4 is 0 Å². The zero-order chi connectivity index (χ0) is 21.3. The molecule has 1 aliphatic heterocycles. The molecule has 7 nitrogen and oxygen atoms in total. The molecule has 0 atom stereocenters. The summed E-state index contributed by atoms with van der Waals surface area (Å²) in [5.41, 5.74) is 3.62. The highest BCUT2D eigenvalue weighted by atomic mass is 35.5. The number of benzene rings is 1. The number of carbonyl (C=O) groups excluding carboxylic acids is 1. The van der Waals surface area contributed by atoms with Gasteiger partial charge in [-0.05, 0) is 43.7 Å². The second-order valence-corrected chi connectivity index (χ2v) is 8.44. The van der Waals surface area contributed by atoms with Crippen LogP contribution in [-0.4, -0.2) is 61.4 Å². The van der Waals surface area contributed by atoms with E-state index in [1.54, 1.807) is 10.7 Å². The van der Waals surface area contributed by atoms with Crippen LogP contribution in [-0.2, 0) is 13.2 Å². The zero-order valence-electron chi connectivity index (χ0n) is 17.1. The first-order valence-corrected chi connectivity index (χ1v) is 10.6. The van der Waals surface area contributed by atoms with Gasteiger partial charge in [-0.3, -0.25) is 14.4 Å². The minimum Gasteiger partial charge on any atom is -0.335 e. The lowest BCUT2D eigenvalue weighted by molar-refractivity contribution is 0.0621. The molecule has 0 radical (unpaired) electrons. The minimum absolute atomic E-state index is 0.0312. The maximum absolute atomic E-state index is 12.9. The van der Waals surface area contributed by atoms with Crippen LogP contribution in [0.2, 0.25) is 10.0 Å². The van der Waals surface area contributed by atoms with Crippen LogP contribution in [0.15, 0.2) is 36.5 Å². The van der Waals surface area contributed by atoms with Crippen LogP contribution >= 0.6 is 23.2 Å². The van der Waals surface area contributed by atoms with Gasteiger partial charge >= 0.3 is 0 Å². The molecule has 2 aromatic heterocycles. The standard InChI is InChI=1S/C21H24Cl2N6O/c1-15-11-16(2)29(24-15)14-28-6-5-20(25-28)21(30)27-9-7-26(8-10-27)13-17-3-4-18(22)19(23)12-17/h3-6,11-12H,7-10,13-14H2,1-2H3. The molecule has 1 fully saturated rings. The molecule has 1 aromatic carbocycles. The first-order chi connectivity index (χ1) is 14.4. The number of halogens is 2. The van der Waals surface area contributed by atoms with Gasteiger partial charge in [0.15, 0.2) is 0 Å². The Hall–Kier alpha value is -2.35. The average Bonchev–Trinajstić information content (AvgIpc) is 3.31. The van der Waals surface area contributed by atoms with Gasteiger partial charge < -0.3 is 4.90 Å². The topological polar surface area (TPSA) is 59.2 Å². The fraction of sp³-hybridized carbons (Fsp3) is 0.381. The number of aryl methyl sites for hydroxylation is 2. The summed E-state index contributed by atoms with van der Waals surface area (Å²) in [7, 11) is 0. The number of hydrogen-bond acceptors (Lipinski definition) is 4. The molecule has 0 bridgehead atoms. The second kappa shape index (κ2) is 8.79. The van der Waals surface area contributed by atoms with Gasteiger partial charge in [0, 0.05) is 44.6 Å². The highest BCUT2D eigenvalue weighted by Crippen LogP contribution is 2.23. The fourth-order valence-corrected chi connectivity index (χ4v) is 4.00. The Morgan fingerprint density at radius 3 is 2.43 bits per heavy atom. The van der Waals surface area contributed by atoms with E-state index in [2.05, 4.69) is 15.1 Å². The molecule has 0 spiro atoms. The molecule has 1 amide bonds. The smallest absolute Gasteiger partial charge is 0.274 e. The van der Waals surface area contributed by atoms with Crippen molar-refractivity contribution in [3.63, 3.8) is 0 Å². The Bertz CT molecular complexity index is 1050. The minimum atomic E-state index is -0.0312. The molecular weight excluding hydrogens is 423 g/mol.